The van der Waals surface area contributed by atoms with Gasteiger partial charge in [0.2, 0.25) is 0 Å². The van der Waals surface area contributed by atoms with E-state index in [1.807, 2.05) is 31.2 Å². The van der Waals surface area contributed by atoms with Crippen LogP contribution in [0.25, 0.3) is 0 Å². The highest BCUT2D eigenvalue weighted by Crippen LogP contribution is 2.37. The third-order valence-corrected chi connectivity index (χ3v) is 3.71. The predicted octanol–water partition coefficient (Wildman–Crippen LogP) is 4.85. The average molecular weight is 327 g/mol. The van der Waals surface area contributed by atoms with Crippen LogP contribution in [0.15, 0.2) is 42.5 Å². The second kappa shape index (κ2) is 6.15. The lowest BCUT2D eigenvalue weighted by atomic mass is 10.0. The highest BCUT2D eigenvalue weighted by molar-refractivity contribution is 9.09. The van der Waals surface area contributed by atoms with Gasteiger partial charge in [0.05, 0.1) is 11.4 Å². The van der Waals surface area contributed by atoms with Gasteiger partial charge in [-0.15, -0.1) is 0 Å². The SMILES string of the molecule is CCOc1ccccc1C(Br)c1ccc(F)cc1F. The van der Waals surface area contributed by atoms with Crippen LogP contribution in [0.4, 0.5) is 8.78 Å². The van der Waals surface area contributed by atoms with Crippen molar-refractivity contribution in [3.05, 3.63) is 65.2 Å². The molecule has 0 bridgehead atoms. The molecule has 2 aromatic rings. The molecule has 1 nitrogen and oxygen atoms in total. The van der Waals surface area contributed by atoms with Crippen LogP contribution in [0.3, 0.4) is 0 Å². The number of benzene rings is 2. The maximum Gasteiger partial charge on any atom is 0.130 e. The zero-order valence-corrected chi connectivity index (χ0v) is 12.0. The van der Waals surface area contributed by atoms with E-state index in [2.05, 4.69) is 15.9 Å². The second-order valence-corrected chi connectivity index (χ2v) is 4.91. The van der Waals surface area contributed by atoms with Crippen LogP contribution in [0.1, 0.15) is 22.9 Å². The highest BCUT2D eigenvalue weighted by Gasteiger charge is 2.18. The molecule has 0 aliphatic heterocycles. The molecule has 0 amide bonds. The van der Waals surface area contributed by atoms with Crippen LogP contribution in [0.5, 0.6) is 5.75 Å². The normalized spacial score (nSPS) is 12.2. The Balaban J connectivity index is 2.41. The predicted molar refractivity (Wildman–Crippen MR) is 74.7 cm³/mol. The Kier molecular flexibility index (Phi) is 4.53. The van der Waals surface area contributed by atoms with Crippen LogP contribution in [-0.4, -0.2) is 6.61 Å². The van der Waals surface area contributed by atoms with E-state index in [4.69, 9.17) is 4.74 Å². The van der Waals surface area contributed by atoms with Gasteiger partial charge in [-0.2, -0.15) is 0 Å². The van der Waals surface area contributed by atoms with Gasteiger partial charge < -0.3 is 4.74 Å². The Morgan fingerprint density at radius 2 is 1.84 bits per heavy atom. The number of alkyl halides is 1. The first-order valence-electron chi connectivity index (χ1n) is 5.94. The maximum atomic E-state index is 13.8. The van der Waals surface area contributed by atoms with Gasteiger partial charge >= 0.3 is 0 Å². The number of halogens is 3. The lowest BCUT2D eigenvalue weighted by Gasteiger charge is -2.16. The number of hydrogen-bond acceptors (Lipinski definition) is 1. The van der Waals surface area contributed by atoms with Gasteiger partial charge in [-0.1, -0.05) is 40.2 Å². The third kappa shape index (κ3) is 3.13. The number of hydrogen-bond donors (Lipinski definition) is 0. The van der Waals surface area contributed by atoms with Gasteiger partial charge in [-0.25, -0.2) is 8.78 Å². The maximum absolute atomic E-state index is 13.8. The Morgan fingerprint density at radius 3 is 2.53 bits per heavy atom. The van der Waals surface area contributed by atoms with E-state index < -0.39 is 11.6 Å². The molecule has 0 saturated heterocycles. The first-order valence-corrected chi connectivity index (χ1v) is 6.85. The highest BCUT2D eigenvalue weighted by atomic mass is 79.9. The zero-order chi connectivity index (χ0) is 13.8. The molecule has 0 aliphatic rings. The van der Waals surface area contributed by atoms with Crippen molar-refractivity contribution in [3.8, 4) is 5.75 Å². The van der Waals surface area contributed by atoms with Gasteiger partial charge in [0, 0.05) is 17.2 Å². The van der Waals surface area contributed by atoms with E-state index in [0.29, 0.717) is 17.9 Å². The van der Waals surface area contributed by atoms with Crippen molar-refractivity contribution in [2.24, 2.45) is 0 Å². The minimum Gasteiger partial charge on any atom is -0.494 e. The summed E-state index contributed by atoms with van der Waals surface area (Å²) in [7, 11) is 0. The molecule has 1 atom stereocenters. The number of para-hydroxylation sites is 1. The summed E-state index contributed by atoms with van der Waals surface area (Å²) in [6, 6.07) is 11.0. The molecule has 2 aromatic carbocycles. The second-order valence-electron chi connectivity index (χ2n) is 4.00. The molecule has 0 aromatic heterocycles. The summed E-state index contributed by atoms with van der Waals surface area (Å²) in [5.41, 5.74) is 1.20. The van der Waals surface area contributed by atoms with Gasteiger partial charge in [0.1, 0.15) is 17.4 Å². The summed E-state index contributed by atoms with van der Waals surface area (Å²) in [5.74, 6) is -0.470. The van der Waals surface area contributed by atoms with Crippen molar-refractivity contribution in [1.82, 2.24) is 0 Å². The Labute approximate surface area is 119 Å². The zero-order valence-electron chi connectivity index (χ0n) is 10.4. The van der Waals surface area contributed by atoms with Crippen LogP contribution in [-0.2, 0) is 0 Å². The molecule has 19 heavy (non-hydrogen) atoms. The fraction of sp³-hybridized carbons (Fsp3) is 0.200. The van der Waals surface area contributed by atoms with Crippen LogP contribution < -0.4 is 4.74 Å². The molecular weight excluding hydrogens is 314 g/mol. The molecule has 0 aliphatic carbocycles. The summed E-state index contributed by atoms with van der Waals surface area (Å²) < 4.78 is 32.2. The van der Waals surface area contributed by atoms with Gasteiger partial charge in [0.25, 0.3) is 0 Å². The van der Waals surface area contributed by atoms with Crippen LogP contribution in [0.2, 0.25) is 0 Å². The van der Waals surface area contributed by atoms with Crippen molar-refractivity contribution < 1.29 is 13.5 Å². The quantitative estimate of drug-likeness (QED) is 0.730. The largest absolute Gasteiger partial charge is 0.494 e. The molecule has 0 N–H and O–H groups in total. The molecule has 0 fully saturated rings. The molecule has 4 heteroatoms. The van der Waals surface area contributed by atoms with E-state index in [0.717, 1.165) is 11.6 Å². The first kappa shape index (κ1) is 14.0. The third-order valence-electron chi connectivity index (χ3n) is 2.73. The van der Waals surface area contributed by atoms with Crippen molar-refractivity contribution in [2.45, 2.75) is 11.8 Å². The molecule has 100 valence electrons. The topological polar surface area (TPSA) is 9.23 Å². The summed E-state index contributed by atoms with van der Waals surface area (Å²) >= 11 is 3.45. The summed E-state index contributed by atoms with van der Waals surface area (Å²) in [4.78, 5) is -0.379. The first-order chi connectivity index (χ1) is 9.13. The summed E-state index contributed by atoms with van der Waals surface area (Å²) in [6.45, 7) is 2.42. The van der Waals surface area contributed by atoms with Crippen molar-refractivity contribution >= 4 is 15.9 Å². The van der Waals surface area contributed by atoms with Gasteiger partial charge in [0.15, 0.2) is 0 Å². The Hall–Kier alpha value is -1.42. The molecule has 0 saturated carbocycles. The molecule has 0 radical (unpaired) electrons. The van der Waals surface area contributed by atoms with Crippen molar-refractivity contribution in [2.75, 3.05) is 6.61 Å². The monoisotopic (exact) mass is 326 g/mol. The van der Waals surface area contributed by atoms with E-state index in [1.54, 1.807) is 0 Å². The molecule has 1 unspecified atom stereocenters. The minimum absolute atomic E-state index is 0.379. The van der Waals surface area contributed by atoms with Crippen LogP contribution >= 0.6 is 15.9 Å². The smallest absolute Gasteiger partial charge is 0.130 e. The lowest BCUT2D eigenvalue weighted by Crippen LogP contribution is -2.01. The lowest BCUT2D eigenvalue weighted by molar-refractivity contribution is 0.337. The number of rotatable bonds is 4. The Morgan fingerprint density at radius 1 is 1.11 bits per heavy atom. The van der Waals surface area contributed by atoms with Gasteiger partial charge in [-0.3, -0.25) is 0 Å². The fourth-order valence-electron chi connectivity index (χ4n) is 1.85. The van der Waals surface area contributed by atoms with Crippen LogP contribution in [0, 0.1) is 11.6 Å². The van der Waals surface area contributed by atoms with Gasteiger partial charge in [-0.05, 0) is 19.1 Å². The number of ether oxygens (including phenoxy) is 1. The molecular formula is C15H13BrF2O. The van der Waals surface area contributed by atoms with Crippen molar-refractivity contribution in [1.29, 1.82) is 0 Å². The average Bonchev–Trinajstić information content (AvgIpc) is 2.39. The summed E-state index contributed by atoms with van der Waals surface area (Å²) in [5, 5.41) is 0. The van der Waals surface area contributed by atoms with E-state index in [-0.39, 0.29) is 4.83 Å². The van der Waals surface area contributed by atoms with E-state index in [9.17, 15) is 8.78 Å². The van der Waals surface area contributed by atoms with E-state index in [1.165, 1.54) is 12.1 Å². The fourth-order valence-corrected chi connectivity index (χ4v) is 2.60. The molecule has 0 spiro atoms. The van der Waals surface area contributed by atoms with Crippen molar-refractivity contribution in [3.63, 3.8) is 0 Å². The molecule has 0 heterocycles. The minimum atomic E-state index is -0.584. The van der Waals surface area contributed by atoms with E-state index >= 15 is 0 Å². The standard InChI is InChI=1S/C15H13BrF2O/c1-2-19-14-6-4-3-5-12(14)15(16)11-8-7-10(17)9-13(11)18/h3-9,15H,2H2,1H3. The Bertz CT molecular complexity index is 572. The molecule has 2 rings (SSSR count). The summed E-state index contributed by atoms with van der Waals surface area (Å²) in [6.07, 6.45) is 0.